The van der Waals surface area contributed by atoms with Crippen LogP contribution in [0.3, 0.4) is 0 Å². The Balaban J connectivity index is 1.63. The molecule has 8 aromatic carbocycles. The summed E-state index contributed by atoms with van der Waals surface area (Å²) in [6.07, 6.45) is 0. The largest absolute Gasteiger partial charge is 0.251 e. The lowest BCUT2D eigenvalue weighted by atomic mass is 9.89. The summed E-state index contributed by atoms with van der Waals surface area (Å²) >= 11 is 0. The maximum Gasteiger partial charge on any atom is 0.200 e. The van der Waals surface area contributed by atoms with Crippen LogP contribution in [-0.2, 0) is 0 Å². The standard InChI is InChI=1S/C52H10F30N2/c1-7(83-51-11(17-25(57)37(69)47(79)38(70)26(17)58)3-9(15-21(53)33(65)45(77)34(66)22(15)54)4-12(51)18-27(59)39(71)48(80)40(72)28(18)60)8(2)84-52-13(19-29(61)41(73)49(81)42(74)30(19)62)5-10(16-23(55)35(67)46(78)36(68)24(16)56)6-14(52)20-31(63)43(75)50(82)44(76)32(20)64/h3-6H,1-2H3. The van der Waals surface area contributed by atoms with Gasteiger partial charge in [-0.1, -0.05) is 0 Å². The van der Waals surface area contributed by atoms with Crippen molar-refractivity contribution in [3.05, 3.63) is 199 Å². The van der Waals surface area contributed by atoms with Gasteiger partial charge in [0.15, 0.2) is 140 Å². The van der Waals surface area contributed by atoms with E-state index in [-0.39, 0.29) is 24.3 Å². The molecular formula is C52H10F30N2. The van der Waals surface area contributed by atoms with Gasteiger partial charge in [-0.15, -0.1) is 0 Å². The van der Waals surface area contributed by atoms with Gasteiger partial charge >= 0.3 is 0 Å². The first-order valence-corrected chi connectivity index (χ1v) is 21.6. The first-order valence-electron chi connectivity index (χ1n) is 21.6. The van der Waals surface area contributed by atoms with E-state index >= 15 is 87.8 Å². The highest BCUT2D eigenvalue weighted by atomic mass is 19.2. The number of aliphatic imine (C=N–C) groups is 2. The second kappa shape index (κ2) is 21.6. The molecule has 438 valence electrons. The molecule has 0 fully saturated rings. The molecule has 0 spiro atoms. The molecule has 0 saturated heterocycles. The van der Waals surface area contributed by atoms with Gasteiger partial charge in [-0.3, -0.25) is 9.98 Å². The zero-order valence-corrected chi connectivity index (χ0v) is 39.5. The second-order valence-corrected chi connectivity index (χ2v) is 16.9. The van der Waals surface area contributed by atoms with Gasteiger partial charge in [0, 0.05) is 22.3 Å². The molecule has 0 aliphatic heterocycles. The van der Waals surface area contributed by atoms with E-state index in [1.165, 1.54) is 0 Å². The third-order valence-corrected chi connectivity index (χ3v) is 12.2. The number of halogens is 30. The SMILES string of the molecule is CC(=Nc1c(-c2c(F)c(F)c(F)c(F)c2F)cc(-c2c(F)c(F)c(F)c(F)c2F)cc1-c1c(F)c(F)c(F)c(F)c1F)C(C)=Nc1c(-c2c(F)c(F)c(F)c(F)c2F)cc(-c2c(F)c(F)c(F)c(F)c2F)cc1-c1c(F)c(F)c(F)c(F)c1F. The Kier molecular flexibility index (Phi) is 15.7. The van der Waals surface area contributed by atoms with Crippen LogP contribution in [0.5, 0.6) is 0 Å². The number of hydrogen-bond acceptors (Lipinski definition) is 2. The molecular weight excluding hydrogens is 1220 g/mol. The minimum atomic E-state index is -3.14. The van der Waals surface area contributed by atoms with Gasteiger partial charge < -0.3 is 0 Å². The fourth-order valence-corrected chi connectivity index (χ4v) is 8.14. The van der Waals surface area contributed by atoms with Crippen molar-refractivity contribution >= 4 is 22.8 Å². The Labute approximate surface area is 443 Å². The zero-order valence-electron chi connectivity index (χ0n) is 39.5. The molecule has 0 aliphatic rings. The Bertz CT molecular complexity index is 3710. The highest BCUT2D eigenvalue weighted by Crippen LogP contribution is 2.51. The van der Waals surface area contributed by atoms with Crippen LogP contribution in [0.4, 0.5) is 143 Å². The maximum atomic E-state index is 16.0. The molecule has 0 aliphatic carbocycles. The second-order valence-electron chi connectivity index (χ2n) is 16.9. The molecule has 0 bridgehead atoms. The fraction of sp³-hybridized carbons (Fsp3) is 0.0385. The lowest BCUT2D eigenvalue weighted by molar-refractivity contribution is 0.380. The summed E-state index contributed by atoms with van der Waals surface area (Å²) in [4.78, 5) is 7.06. The van der Waals surface area contributed by atoms with Crippen LogP contribution in [0.1, 0.15) is 13.8 Å². The third-order valence-electron chi connectivity index (χ3n) is 12.2. The van der Waals surface area contributed by atoms with Gasteiger partial charge in [-0.25, -0.2) is 132 Å². The van der Waals surface area contributed by atoms with Gasteiger partial charge in [0.05, 0.1) is 56.2 Å². The molecule has 32 heteroatoms. The first-order chi connectivity index (χ1) is 39.0. The molecule has 0 heterocycles. The molecule has 0 N–H and O–H groups in total. The Hall–Kier alpha value is -9.00. The molecule has 8 rings (SSSR count). The average molecular weight is 1230 g/mol. The predicted octanol–water partition coefficient (Wildman–Crippen LogP) is 18.7. The summed E-state index contributed by atoms with van der Waals surface area (Å²) in [7, 11) is 0. The van der Waals surface area contributed by atoms with Crippen molar-refractivity contribution in [1.29, 1.82) is 0 Å². The maximum absolute atomic E-state index is 16.0. The Morgan fingerprint density at radius 2 is 0.310 bits per heavy atom. The van der Waals surface area contributed by atoms with Crippen molar-refractivity contribution in [3.8, 4) is 66.8 Å². The summed E-state index contributed by atoms with van der Waals surface area (Å²) in [6.45, 7) is 0.613. The number of benzene rings is 8. The molecule has 0 unspecified atom stereocenters. The summed E-state index contributed by atoms with van der Waals surface area (Å²) in [5, 5.41) is 0. The molecule has 0 aromatic heterocycles. The van der Waals surface area contributed by atoms with Gasteiger partial charge in [0.1, 0.15) is 0 Å². The quantitative estimate of drug-likeness (QED) is 0.0596. The van der Waals surface area contributed by atoms with Gasteiger partial charge in [0.25, 0.3) is 0 Å². The minimum Gasteiger partial charge on any atom is -0.251 e. The van der Waals surface area contributed by atoms with Crippen molar-refractivity contribution in [2.24, 2.45) is 9.98 Å². The average Bonchev–Trinajstić information content (AvgIpc) is 1.40. The van der Waals surface area contributed by atoms with Crippen LogP contribution in [0.2, 0.25) is 0 Å². The highest BCUT2D eigenvalue weighted by molar-refractivity contribution is 6.42. The number of nitrogens with zero attached hydrogens (tertiary/aromatic N) is 2. The van der Waals surface area contributed by atoms with Crippen molar-refractivity contribution in [1.82, 2.24) is 0 Å². The van der Waals surface area contributed by atoms with Crippen LogP contribution >= 0.6 is 0 Å². The summed E-state index contributed by atoms with van der Waals surface area (Å²) in [5.74, 6) is -92.0. The van der Waals surface area contributed by atoms with E-state index in [4.69, 9.17) is 0 Å². The molecule has 2 nitrogen and oxygen atoms in total. The van der Waals surface area contributed by atoms with E-state index in [0.717, 1.165) is 0 Å². The first kappa shape index (κ1) is 61.1. The highest BCUT2D eigenvalue weighted by Gasteiger charge is 2.38. The van der Waals surface area contributed by atoms with Gasteiger partial charge in [-0.05, 0) is 49.2 Å². The molecule has 0 radical (unpaired) electrons. The van der Waals surface area contributed by atoms with E-state index in [9.17, 15) is 43.9 Å². The minimum absolute atomic E-state index is 0.306. The topological polar surface area (TPSA) is 24.7 Å². The van der Waals surface area contributed by atoms with E-state index in [1.54, 1.807) is 0 Å². The van der Waals surface area contributed by atoms with E-state index < -0.39 is 264 Å². The van der Waals surface area contributed by atoms with Crippen LogP contribution in [0, 0.1) is 175 Å². The summed E-state index contributed by atoms with van der Waals surface area (Å²) < 4.78 is 455. The van der Waals surface area contributed by atoms with Crippen LogP contribution in [0.15, 0.2) is 34.3 Å². The zero-order chi connectivity index (χ0) is 62.8. The molecule has 0 saturated carbocycles. The molecule has 84 heavy (non-hydrogen) atoms. The van der Waals surface area contributed by atoms with Crippen LogP contribution in [-0.4, -0.2) is 11.4 Å². The fourth-order valence-electron chi connectivity index (χ4n) is 8.14. The van der Waals surface area contributed by atoms with E-state index in [1.807, 2.05) is 0 Å². The molecule has 0 atom stereocenters. The van der Waals surface area contributed by atoms with Crippen molar-refractivity contribution in [3.63, 3.8) is 0 Å². The predicted molar refractivity (Wildman–Crippen MR) is 230 cm³/mol. The van der Waals surface area contributed by atoms with Crippen LogP contribution < -0.4 is 0 Å². The lowest BCUT2D eigenvalue weighted by Crippen LogP contribution is -2.10. The third kappa shape index (κ3) is 9.18. The summed E-state index contributed by atoms with van der Waals surface area (Å²) in [5.41, 5.74) is -34.9. The molecule has 8 aromatic rings. The Morgan fingerprint density at radius 1 is 0.190 bits per heavy atom. The summed E-state index contributed by atoms with van der Waals surface area (Å²) in [6, 6.07) is -1.53. The monoisotopic (exact) mass is 1230 g/mol. The van der Waals surface area contributed by atoms with E-state index in [2.05, 4.69) is 9.98 Å². The molecule has 0 amide bonds. The van der Waals surface area contributed by atoms with Crippen molar-refractivity contribution in [2.75, 3.05) is 0 Å². The van der Waals surface area contributed by atoms with Crippen molar-refractivity contribution < 1.29 is 132 Å². The van der Waals surface area contributed by atoms with Crippen LogP contribution in [0.25, 0.3) is 66.8 Å². The lowest BCUT2D eigenvalue weighted by Gasteiger charge is -2.20. The normalized spacial score (nSPS) is 12.2. The number of rotatable bonds is 9. The van der Waals surface area contributed by atoms with Crippen molar-refractivity contribution in [2.45, 2.75) is 13.8 Å². The number of hydrogen-bond donors (Lipinski definition) is 0. The van der Waals surface area contributed by atoms with E-state index in [0.29, 0.717) is 13.8 Å². The van der Waals surface area contributed by atoms with Gasteiger partial charge in [0.2, 0.25) is 34.9 Å². The smallest absolute Gasteiger partial charge is 0.200 e. The Morgan fingerprint density at radius 3 is 0.452 bits per heavy atom. The van der Waals surface area contributed by atoms with Gasteiger partial charge in [-0.2, -0.15) is 0 Å².